The number of nitrogens with zero attached hydrogens (tertiary/aromatic N) is 3. The first-order valence-electron chi connectivity index (χ1n) is 8.16. The van der Waals surface area contributed by atoms with E-state index in [1.807, 2.05) is 30.1 Å². The number of aromatic nitrogens is 3. The molecule has 0 aromatic carbocycles. The molecule has 1 fully saturated rings. The van der Waals surface area contributed by atoms with Crippen LogP contribution in [0.15, 0.2) is 17.6 Å². The average Bonchev–Trinajstić information content (AvgIpc) is 3.22. The molecule has 1 aliphatic rings. The van der Waals surface area contributed by atoms with E-state index in [-0.39, 0.29) is 11.9 Å². The molecule has 0 aliphatic carbocycles. The molecule has 6 nitrogen and oxygen atoms in total. The molecule has 0 bridgehead atoms. The highest BCUT2D eigenvalue weighted by Gasteiger charge is 2.20. The van der Waals surface area contributed by atoms with Crippen molar-refractivity contribution in [2.45, 2.75) is 45.2 Å². The van der Waals surface area contributed by atoms with Gasteiger partial charge in [-0.05, 0) is 38.8 Å². The van der Waals surface area contributed by atoms with Crippen LogP contribution in [0.2, 0.25) is 0 Å². The normalized spacial score (nSPS) is 19.5. The van der Waals surface area contributed by atoms with Gasteiger partial charge in [-0.15, -0.1) is 11.3 Å². The zero-order valence-corrected chi connectivity index (χ0v) is 14.4. The smallest absolute Gasteiger partial charge is 0.272 e. The molecule has 2 aromatic rings. The molecule has 2 N–H and O–H groups in total. The minimum Gasteiger partial charge on any atom is -0.341 e. The molecule has 3 rings (SSSR count). The number of hydrogen-bond donors (Lipinski definition) is 2. The summed E-state index contributed by atoms with van der Waals surface area (Å²) in [6.45, 7) is 6.00. The quantitative estimate of drug-likeness (QED) is 0.882. The van der Waals surface area contributed by atoms with Gasteiger partial charge in [-0.2, -0.15) is 5.10 Å². The van der Waals surface area contributed by atoms with Gasteiger partial charge in [0.2, 0.25) is 0 Å². The summed E-state index contributed by atoms with van der Waals surface area (Å²) in [5.41, 5.74) is 1.47. The van der Waals surface area contributed by atoms with Crippen LogP contribution in [0.1, 0.15) is 59.5 Å². The van der Waals surface area contributed by atoms with Crippen molar-refractivity contribution >= 4 is 17.2 Å². The van der Waals surface area contributed by atoms with Crippen LogP contribution >= 0.6 is 11.3 Å². The van der Waals surface area contributed by atoms with Crippen molar-refractivity contribution in [1.29, 1.82) is 0 Å². The number of aryl methyl sites for hydroxylation is 1. The third-order valence-electron chi connectivity index (χ3n) is 4.13. The van der Waals surface area contributed by atoms with E-state index in [0.29, 0.717) is 11.7 Å². The first kappa shape index (κ1) is 16.1. The second kappa shape index (κ2) is 7.23. The van der Waals surface area contributed by atoms with E-state index in [1.165, 1.54) is 0 Å². The molecule has 2 aromatic heterocycles. The van der Waals surface area contributed by atoms with E-state index in [2.05, 4.69) is 20.7 Å². The highest BCUT2D eigenvalue weighted by molar-refractivity contribution is 7.09. The molecule has 1 aliphatic heterocycles. The Hall–Kier alpha value is -1.73. The van der Waals surface area contributed by atoms with E-state index in [4.69, 9.17) is 0 Å². The zero-order valence-electron chi connectivity index (χ0n) is 13.6. The van der Waals surface area contributed by atoms with Crippen LogP contribution in [0.4, 0.5) is 0 Å². The molecule has 2 unspecified atom stereocenters. The number of nitrogens with one attached hydrogen (secondary N) is 2. The first-order valence-corrected chi connectivity index (χ1v) is 9.04. The maximum atomic E-state index is 12.5. The number of thiazole rings is 1. The van der Waals surface area contributed by atoms with E-state index in [1.54, 1.807) is 17.4 Å². The molecule has 1 amide bonds. The summed E-state index contributed by atoms with van der Waals surface area (Å²) in [4.78, 5) is 16.9. The summed E-state index contributed by atoms with van der Waals surface area (Å²) < 4.78 is 1.91. The number of carbonyl (C=O) groups is 1. The summed E-state index contributed by atoms with van der Waals surface area (Å²) >= 11 is 1.59. The summed E-state index contributed by atoms with van der Waals surface area (Å²) in [5.74, 6) is -0.132. The van der Waals surface area contributed by atoms with E-state index in [9.17, 15) is 4.79 Å². The number of rotatable bonds is 5. The highest BCUT2D eigenvalue weighted by Crippen LogP contribution is 2.21. The maximum Gasteiger partial charge on any atom is 0.272 e. The lowest BCUT2D eigenvalue weighted by atomic mass is 10.1. The molecule has 0 spiro atoms. The van der Waals surface area contributed by atoms with Crippen LogP contribution in [-0.2, 0) is 0 Å². The predicted molar refractivity (Wildman–Crippen MR) is 90.7 cm³/mol. The standard InChI is InChI=1S/C16H23N5OS/c1-3-13(16-18-11(2)10-23-16)19-15(22)14-6-8-21(20-14)12-5-4-7-17-9-12/h6,8,10,12-13,17H,3-5,7,9H2,1-2H3,(H,19,22). The average molecular weight is 333 g/mol. The SMILES string of the molecule is CCC(NC(=O)c1ccn(C2CCCNC2)n1)c1nc(C)cs1. The van der Waals surface area contributed by atoms with Gasteiger partial charge in [0.25, 0.3) is 5.91 Å². The van der Waals surface area contributed by atoms with Crippen LogP contribution in [0.3, 0.4) is 0 Å². The lowest BCUT2D eigenvalue weighted by Crippen LogP contribution is -2.32. The van der Waals surface area contributed by atoms with E-state index < -0.39 is 0 Å². The summed E-state index contributed by atoms with van der Waals surface area (Å²) in [7, 11) is 0. The predicted octanol–water partition coefficient (Wildman–Crippen LogP) is 2.45. The van der Waals surface area contributed by atoms with Crippen molar-refractivity contribution in [2.75, 3.05) is 13.1 Å². The Bertz CT molecular complexity index is 659. The minimum atomic E-state index is -0.132. The largest absolute Gasteiger partial charge is 0.341 e. The lowest BCUT2D eigenvalue weighted by molar-refractivity contribution is 0.0929. The van der Waals surface area contributed by atoms with Crippen molar-refractivity contribution in [1.82, 2.24) is 25.4 Å². The van der Waals surface area contributed by atoms with E-state index >= 15 is 0 Å². The Morgan fingerprint density at radius 2 is 2.48 bits per heavy atom. The second-order valence-electron chi connectivity index (χ2n) is 5.94. The third-order valence-corrected chi connectivity index (χ3v) is 5.21. The molecule has 7 heteroatoms. The highest BCUT2D eigenvalue weighted by atomic mass is 32.1. The van der Waals surface area contributed by atoms with Crippen molar-refractivity contribution in [2.24, 2.45) is 0 Å². The number of hydrogen-bond acceptors (Lipinski definition) is 5. The Kier molecular flexibility index (Phi) is 5.07. The third kappa shape index (κ3) is 3.79. The Morgan fingerprint density at radius 1 is 1.61 bits per heavy atom. The number of carbonyl (C=O) groups excluding carboxylic acids is 1. The molecule has 1 saturated heterocycles. The van der Waals surface area contributed by atoms with Crippen molar-refractivity contribution < 1.29 is 4.79 Å². The van der Waals surface area contributed by atoms with Gasteiger partial charge in [-0.3, -0.25) is 9.48 Å². The molecule has 23 heavy (non-hydrogen) atoms. The van der Waals surface area contributed by atoms with Crippen molar-refractivity contribution in [3.05, 3.63) is 34.0 Å². The van der Waals surface area contributed by atoms with Gasteiger partial charge in [0.15, 0.2) is 0 Å². The molecular formula is C16H23N5OS. The van der Waals surface area contributed by atoms with Crippen molar-refractivity contribution in [3.63, 3.8) is 0 Å². The van der Waals surface area contributed by atoms with Crippen LogP contribution in [0, 0.1) is 6.92 Å². The van der Waals surface area contributed by atoms with Gasteiger partial charge in [0.1, 0.15) is 10.7 Å². The van der Waals surface area contributed by atoms with E-state index in [0.717, 1.165) is 43.1 Å². The van der Waals surface area contributed by atoms with Gasteiger partial charge >= 0.3 is 0 Å². The summed E-state index contributed by atoms with van der Waals surface area (Å²) in [6, 6.07) is 2.08. The van der Waals surface area contributed by atoms with Gasteiger partial charge in [0, 0.05) is 23.8 Å². The van der Waals surface area contributed by atoms with Gasteiger partial charge < -0.3 is 10.6 Å². The molecule has 124 valence electrons. The fraction of sp³-hybridized carbons (Fsp3) is 0.562. The molecule has 2 atom stereocenters. The maximum absolute atomic E-state index is 12.5. The molecule has 3 heterocycles. The Labute approximate surface area is 140 Å². The van der Waals surface area contributed by atoms with Gasteiger partial charge in [-0.25, -0.2) is 4.98 Å². The topological polar surface area (TPSA) is 71.8 Å². The van der Waals surface area contributed by atoms with Crippen LogP contribution in [0.5, 0.6) is 0 Å². The molecular weight excluding hydrogens is 310 g/mol. The Balaban J connectivity index is 1.66. The van der Waals surface area contributed by atoms with Crippen molar-refractivity contribution in [3.8, 4) is 0 Å². The Morgan fingerprint density at radius 3 is 3.13 bits per heavy atom. The van der Waals surface area contributed by atoms with Crippen LogP contribution < -0.4 is 10.6 Å². The fourth-order valence-corrected chi connectivity index (χ4v) is 3.76. The summed E-state index contributed by atoms with van der Waals surface area (Å²) in [6.07, 6.45) is 4.96. The monoisotopic (exact) mass is 333 g/mol. The van der Waals surface area contributed by atoms with Crippen LogP contribution in [0.25, 0.3) is 0 Å². The van der Waals surface area contributed by atoms with Gasteiger partial charge in [0.05, 0.1) is 12.1 Å². The lowest BCUT2D eigenvalue weighted by Gasteiger charge is -2.22. The first-order chi connectivity index (χ1) is 11.2. The summed E-state index contributed by atoms with van der Waals surface area (Å²) in [5, 5.41) is 13.8. The van der Waals surface area contributed by atoms with Gasteiger partial charge in [-0.1, -0.05) is 6.92 Å². The number of amides is 1. The second-order valence-corrected chi connectivity index (χ2v) is 6.83. The fourth-order valence-electron chi connectivity index (χ4n) is 2.82. The zero-order chi connectivity index (χ0) is 16.2. The minimum absolute atomic E-state index is 0.0531. The molecule has 0 saturated carbocycles. The number of piperidine rings is 1. The molecule has 0 radical (unpaired) electrons. The van der Waals surface area contributed by atoms with Crippen LogP contribution in [-0.4, -0.2) is 33.8 Å².